The third-order valence-corrected chi connectivity index (χ3v) is 3.66. The van der Waals surface area contributed by atoms with E-state index in [-0.39, 0.29) is 24.1 Å². The summed E-state index contributed by atoms with van der Waals surface area (Å²) in [4.78, 5) is 27.5. The number of hydrogen-bond donors (Lipinski definition) is 0. The van der Waals surface area contributed by atoms with Gasteiger partial charge in [0.05, 0.1) is 11.4 Å². The molecule has 1 aliphatic rings. The third kappa shape index (κ3) is 2.02. The van der Waals surface area contributed by atoms with Gasteiger partial charge in [-0.05, 0) is 40.2 Å². The second-order valence-corrected chi connectivity index (χ2v) is 5.22. The highest BCUT2D eigenvalue weighted by atomic mass is 79.9. The number of para-hydroxylation sites is 2. The molecule has 0 fully saturated rings. The smallest absolute Gasteiger partial charge is 0.294 e. The van der Waals surface area contributed by atoms with Gasteiger partial charge in [0, 0.05) is 7.05 Å². The fourth-order valence-electron chi connectivity index (χ4n) is 2.18. The topological polar surface area (TPSA) is 53.8 Å². The van der Waals surface area contributed by atoms with E-state index in [1.807, 2.05) is 24.3 Å². The minimum Gasteiger partial charge on any atom is -0.444 e. The number of rotatable bonds is 1. The van der Waals surface area contributed by atoms with Crippen molar-refractivity contribution in [2.75, 3.05) is 23.4 Å². The SMILES string of the molecule is CN1C(=O)CN(C(=O)c2ccc(Br)o2)c2ccccc21. The van der Waals surface area contributed by atoms with Gasteiger partial charge in [-0.25, -0.2) is 0 Å². The van der Waals surface area contributed by atoms with Gasteiger partial charge in [-0.1, -0.05) is 12.1 Å². The molecule has 2 heterocycles. The normalized spacial score (nSPS) is 14.4. The van der Waals surface area contributed by atoms with Crippen LogP contribution in [-0.4, -0.2) is 25.4 Å². The Bertz CT molecular complexity index is 695. The summed E-state index contributed by atoms with van der Waals surface area (Å²) in [5.74, 6) is -0.267. The van der Waals surface area contributed by atoms with E-state index >= 15 is 0 Å². The molecule has 6 heteroatoms. The van der Waals surface area contributed by atoms with Crippen LogP contribution in [0.4, 0.5) is 11.4 Å². The molecule has 0 saturated heterocycles. The van der Waals surface area contributed by atoms with Gasteiger partial charge in [0.2, 0.25) is 5.91 Å². The molecular weight excluding hydrogens is 324 g/mol. The van der Waals surface area contributed by atoms with Crippen LogP contribution in [0.15, 0.2) is 45.5 Å². The molecule has 5 nitrogen and oxygen atoms in total. The van der Waals surface area contributed by atoms with Crippen LogP contribution in [0.3, 0.4) is 0 Å². The quantitative estimate of drug-likeness (QED) is 0.805. The Labute approximate surface area is 123 Å². The first kappa shape index (κ1) is 12.9. The number of furan rings is 1. The fraction of sp³-hybridized carbons (Fsp3) is 0.143. The Morgan fingerprint density at radius 1 is 1.20 bits per heavy atom. The van der Waals surface area contributed by atoms with Gasteiger partial charge in [0.25, 0.3) is 5.91 Å². The molecule has 1 aromatic heterocycles. The van der Waals surface area contributed by atoms with Crippen LogP contribution in [0.1, 0.15) is 10.6 Å². The number of hydrogen-bond acceptors (Lipinski definition) is 3. The second kappa shape index (κ2) is 4.79. The molecule has 1 aromatic carbocycles. The monoisotopic (exact) mass is 334 g/mol. The predicted molar refractivity (Wildman–Crippen MR) is 77.9 cm³/mol. The molecule has 0 N–H and O–H groups in total. The van der Waals surface area contributed by atoms with E-state index < -0.39 is 0 Å². The van der Waals surface area contributed by atoms with Gasteiger partial charge >= 0.3 is 0 Å². The first-order valence-corrected chi connectivity index (χ1v) is 6.80. The summed E-state index contributed by atoms with van der Waals surface area (Å²) in [6, 6.07) is 10.5. The van der Waals surface area contributed by atoms with Crippen molar-refractivity contribution in [3.8, 4) is 0 Å². The van der Waals surface area contributed by atoms with E-state index in [9.17, 15) is 9.59 Å². The fourth-order valence-corrected chi connectivity index (χ4v) is 2.49. The largest absolute Gasteiger partial charge is 0.444 e. The van der Waals surface area contributed by atoms with Crippen molar-refractivity contribution < 1.29 is 14.0 Å². The number of carbonyl (C=O) groups is 2. The maximum atomic E-state index is 12.5. The van der Waals surface area contributed by atoms with Crippen LogP contribution >= 0.6 is 15.9 Å². The summed E-state index contributed by atoms with van der Waals surface area (Å²) in [6.45, 7) is 0.00463. The van der Waals surface area contributed by atoms with E-state index in [1.54, 1.807) is 24.1 Å². The molecule has 2 aromatic rings. The first-order chi connectivity index (χ1) is 9.58. The zero-order valence-corrected chi connectivity index (χ0v) is 12.3. The molecule has 3 rings (SSSR count). The standard InChI is InChI=1S/C14H11BrN2O3/c1-16-9-4-2-3-5-10(9)17(8-13(16)18)14(19)11-6-7-12(15)20-11/h2-7H,8H2,1H3. The highest BCUT2D eigenvalue weighted by Gasteiger charge is 2.32. The summed E-state index contributed by atoms with van der Waals surface area (Å²) >= 11 is 3.17. The zero-order valence-electron chi connectivity index (χ0n) is 10.7. The molecule has 0 aliphatic carbocycles. The van der Waals surface area contributed by atoms with Crippen molar-refractivity contribution in [3.63, 3.8) is 0 Å². The minimum absolute atomic E-state index is 0.00463. The number of nitrogens with zero attached hydrogens (tertiary/aromatic N) is 2. The predicted octanol–water partition coefficient (Wildman–Crippen LogP) is 2.67. The molecule has 2 amide bonds. The van der Waals surface area contributed by atoms with E-state index in [0.717, 1.165) is 0 Å². The summed E-state index contributed by atoms with van der Waals surface area (Å²) in [5.41, 5.74) is 1.41. The van der Waals surface area contributed by atoms with Crippen molar-refractivity contribution in [3.05, 3.63) is 46.8 Å². The molecule has 0 bridgehead atoms. The van der Waals surface area contributed by atoms with Gasteiger partial charge in [-0.15, -0.1) is 0 Å². The molecule has 0 atom stereocenters. The van der Waals surface area contributed by atoms with Crippen LogP contribution in [-0.2, 0) is 4.79 Å². The van der Waals surface area contributed by atoms with E-state index in [1.165, 1.54) is 4.90 Å². The maximum absolute atomic E-state index is 12.5. The molecule has 20 heavy (non-hydrogen) atoms. The van der Waals surface area contributed by atoms with Crippen LogP contribution in [0, 0.1) is 0 Å². The lowest BCUT2D eigenvalue weighted by atomic mass is 10.1. The average molecular weight is 335 g/mol. The Balaban J connectivity index is 2.04. The molecule has 0 unspecified atom stereocenters. The van der Waals surface area contributed by atoms with Crippen LogP contribution in [0.2, 0.25) is 0 Å². The highest BCUT2D eigenvalue weighted by Crippen LogP contribution is 2.33. The Morgan fingerprint density at radius 2 is 1.90 bits per heavy atom. The highest BCUT2D eigenvalue weighted by molar-refractivity contribution is 9.10. The number of carbonyl (C=O) groups excluding carboxylic acids is 2. The Hall–Kier alpha value is -2.08. The lowest BCUT2D eigenvalue weighted by Gasteiger charge is -2.33. The van der Waals surface area contributed by atoms with Gasteiger partial charge in [0.1, 0.15) is 6.54 Å². The van der Waals surface area contributed by atoms with Crippen molar-refractivity contribution in [2.24, 2.45) is 0 Å². The molecule has 0 saturated carbocycles. The van der Waals surface area contributed by atoms with Crippen LogP contribution < -0.4 is 9.80 Å². The molecule has 0 spiro atoms. The Kier molecular flexibility index (Phi) is 3.10. The molecule has 1 aliphatic heterocycles. The number of amides is 2. The Morgan fingerprint density at radius 3 is 2.55 bits per heavy atom. The van der Waals surface area contributed by atoms with Crippen LogP contribution in [0.25, 0.3) is 0 Å². The summed E-state index contributed by atoms with van der Waals surface area (Å²) < 4.78 is 5.76. The maximum Gasteiger partial charge on any atom is 0.294 e. The molecule has 102 valence electrons. The molecular formula is C14H11BrN2O3. The lowest BCUT2D eigenvalue weighted by Crippen LogP contribution is -2.46. The van der Waals surface area contributed by atoms with Crippen molar-refractivity contribution in [2.45, 2.75) is 0 Å². The second-order valence-electron chi connectivity index (χ2n) is 4.44. The van der Waals surface area contributed by atoms with E-state index in [0.29, 0.717) is 16.0 Å². The minimum atomic E-state index is -0.329. The number of fused-ring (bicyclic) bond motifs is 1. The van der Waals surface area contributed by atoms with Gasteiger partial charge in [-0.2, -0.15) is 0 Å². The summed E-state index contributed by atoms with van der Waals surface area (Å²) in [7, 11) is 1.70. The van der Waals surface area contributed by atoms with Crippen molar-refractivity contribution >= 4 is 39.1 Å². The number of halogens is 1. The van der Waals surface area contributed by atoms with Gasteiger partial charge in [0.15, 0.2) is 10.4 Å². The number of anilines is 2. The molecule has 0 radical (unpaired) electrons. The summed E-state index contributed by atoms with van der Waals surface area (Å²) in [5, 5.41) is 0. The van der Waals surface area contributed by atoms with E-state index in [2.05, 4.69) is 15.9 Å². The lowest BCUT2D eigenvalue weighted by molar-refractivity contribution is -0.117. The number of benzene rings is 1. The van der Waals surface area contributed by atoms with Gasteiger partial charge < -0.3 is 9.32 Å². The zero-order chi connectivity index (χ0) is 14.3. The summed E-state index contributed by atoms with van der Waals surface area (Å²) in [6.07, 6.45) is 0. The van der Waals surface area contributed by atoms with Crippen LogP contribution in [0.5, 0.6) is 0 Å². The van der Waals surface area contributed by atoms with E-state index in [4.69, 9.17) is 4.42 Å². The van der Waals surface area contributed by atoms with Crippen molar-refractivity contribution in [1.29, 1.82) is 0 Å². The third-order valence-electron chi connectivity index (χ3n) is 3.23. The van der Waals surface area contributed by atoms with Crippen molar-refractivity contribution in [1.82, 2.24) is 0 Å². The average Bonchev–Trinajstić information content (AvgIpc) is 2.89. The first-order valence-electron chi connectivity index (χ1n) is 6.00. The number of likely N-dealkylation sites (N-methyl/N-ethyl adjacent to an activating group) is 1. The van der Waals surface area contributed by atoms with Gasteiger partial charge in [-0.3, -0.25) is 14.5 Å².